The van der Waals surface area contributed by atoms with E-state index in [1.165, 1.54) is 0 Å². The molecule has 4 rings (SSSR count). The van der Waals surface area contributed by atoms with Crippen LogP contribution in [0.4, 0.5) is 18.0 Å². The van der Waals surface area contributed by atoms with E-state index in [4.69, 9.17) is 9.84 Å². The number of alkyl halides is 3. The van der Waals surface area contributed by atoms with Crippen LogP contribution in [0, 0.1) is 5.92 Å². The molecule has 3 unspecified atom stereocenters. The summed E-state index contributed by atoms with van der Waals surface area (Å²) in [6, 6.07) is 14.9. The second kappa shape index (κ2) is 9.24. The van der Waals surface area contributed by atoms with Crippen LogP contribution in [0.1, 0.15) is 43.2 Å². The molecule has 2 aromatic rings. The Morgan fingerprint density at radius 2 is 1.57 bits per heavy atom. The van der Waals surface area contributed by atoms with Crippen molar-refractivity contribution in [1.29, 1.82) is 0 Å². The maximum absolute atomic E-state index is 13.3. The molecule has 0 bridgehead atoms. The van der Waals surface area contributed by atoms with Gasteiger partial charge in [-0.1, -0.05) is 55.0 Å². The molecule has 0 aliphatic heterocycles. The number of nitrogens with one attached hydrogen (secondary N) is 2. The highest BCUT2D eigenvalue weighted by Gasteiger charge is 2.59. The normalized spacial score (nSPS) is 20.9. The molecule has 3 N–H and O–H groups in total. The molecule has 3 atom stereocenters. The maximum Gasteiger partial charge on any atom is 0.422 e. The Hall–Kier alpha value is -3.56. The van der Waals surface area contributed by atoms with Crippen molar-refractivity contribution in [2.75, 3.05) is 6.61 Å². The summed E-state index contributed by atoms with van der Waals surface area (Å²) in [5.41, 5.74) is 0.757. The number of carbonyl (C=O) groups excluding carboxylic acids is 2. The minimum absolute atomic E-state index is 0.0502. The Kier molecular flexibility index (Phi) is 6.48. The molecule has 1 fully saturated rings. The number of halogens is 3. The summed E-state index contributed by atoms with van der Waals surface area (Å²) in [5, 5.41) is 13.3. The van der Waals surface area contributed by atoms with Crippen molar-refractivity contribution in [3.63, 3.8) is 0 Å². The van der Waals surface area contributed by atoms with E-state index in [-0.39, 0.29) is 18.9 Å². The number of carboxylic acids is 1. The van der Waals surface area contributed by atoms with Crippen LogP contribution in [0.2, 0.25) is 0 Å². The zero-order valence-corrected chi connectivity index (χ0v) is 18.9. The molecular formula is C25H25F3N2O5. The van der Waals surface area contributed by atoms with Crippen molar-refractivity contribution in [2.45, 2.75) is 49.9 Å². The molecule has 2 aliphatic rings. The number of alkyl carbamates (subject to hydrolysis) is 1. The van der Waals surface area contributed by atoms with Gasteiger partial charge in [0.25, 0.3) is 0 Å². The lowest BCUT2D eigenvalue weighted by Gasteiger charge is -2.31. The van der Waals surface area contributed by atoms with E-state index in [2.05, 4.69) is 5.32 Å². The Morgan fingerprint density at radius 3 is 2.11 bits per heavy atom. The maximum atomic E-state index is 13.3. The number of benzene rings is 2. The molecule has 2 aromatic carbocycles. The molecule has 35 heavy (non-hydrogen) atoms. The molecule has 2 aliphatic carbocycles. The molecular weight excluding hydrogens is 465 g/mol. The monoisotopic (exact) mass is 490 g/mol. The van der Waals surface area contributed by atoms with Crippen molar-refractivity contribution in [1.82, 2.24) is 10.6 Å². The summed E-state index contributed by atoms with van der Waals surface area (Å²) >= 11 is 0. The van der Waals surface area contributed by atoms with Crippen molar-refractivity contribution in [3.8, 4) is 11.1 Å². The minimum atomic E-state index is -5.19. The van der Waals surface area contributed by atoms with Gasteiger partial charge in [-0.2, -0.15) is 13.2 Å². The Morgan fingerprint density at radius 1 is 1.00 bits per heavy atom. The van der Waals surface area contributed by atoms with Gasteiger partial charge < -0.3 is 20.5 Å². The molecule has 2 amide bonds. The third kappa shape index (κ3) is 4.56. The van der Waals surface area contributed by atoms with E-state index in [1.807, 2.05) is 48.5 Å². The standard InChI is InChI=1S/C25H25F3N2O5/c1-24(22(32)33,25(26,27)28)30-21(31)18-11-6-12-20(18)29-23(34)35-13-19-16-9-4-2-7-14(16)15-8-3-5-10-17(15)19/h2-5,7-10,18-20H,6,11-13H2,1H3,(H,29,34)(H,30,31)(H,32,33). The predicted molar refractivity (Wildman–Crippen MR) is 120 cm³/mol. The smallest absolute Gasteiger partial charge is 0.422 e. The van der Waals surface area contributed by atoms with Gasteiger partial charge in [0.05, 0.1) is 5.92 Å². The number of ether oxygens (including phenoxy) is 1. The Labute approximate surface area is 199 Å². The summed E-state index contributed by atoms with van der Waals surface area (Å²) in [5.74, 6) is -4.46. The van der Waals surface area contributed by atoms with Gasteiger partial charge in [-0.3, -0.25) is 4.79 Å². The lowest BCUT2D eigenvalue weighted by molar-refractivity contribution is -0.207. The zero-order valence-electron chi connectivity index (χ0n) is 18.9. The van der Waals surface area contributed by atoms with Gasteiger partial charge in [0.1, 0.15) is 6.61 Å². The summed E-state index contributed by atoms with van der Waals surface area (Å²) in [6.45, 7) is 0.449. The van der Waals surface area contributed by atoms with Crippen LogP contribution in [0.15, 0.2) is 48.5 Å². The lowest BCUT2D eigenvalue weighted by Crippen LogP contribution is -2.63. The van der Waals surface area contributed by atoms with Gasteiger partial charge >= 0.3 is 18.2 Å². The van der Waals surface area contributed by atoms with Crippen LogP contribution in [0.5, 0.6) is 0 Å². The molecule has 0 radical (unpaired) electrons. The fourth-order valence-corrected chi connectivity index (χ4v) is 4.82. The third-order valence-electron chi connectivity index (χ3n) is 6.87. The highest BCUT2D eigenvalue weighted by atomic mass is 19.4. The summed E-state index contributed by atoms with van der Waals surface area (Å²) < 4.78 is 45.3. The fraction of sp³-hybridized carbons (Fsp3) is 0.400. The highest BCUT2D eigenvalue weighted by molar-refractivity contribution is 5.89. The van der Waals surface area contributed by atoms with Crippen LogP contribution in [-0.4, -0.2) is 47.4 Å². The van der Waals surface area contributed by atoms with E-state index in [0.29, 0.717) is 19.8 Å². The number of hydrogen-bond acceptors (Lipinski definition) is 4. The molecule has 0 aromatic heterocycles. The number of rotatable bonds is 6. The van der Waals surface area contributed by atoms with Gasteiger partial charge in [0, 0.05) is 12.0 Å². The van der Waals surface area contributed by atoms with Crippen LogP contribution in [0.3, 0.4) is 0 Å². The van der Waals surface area contributed by atoms with Crippen LogP contribution >= 0.6 is 0 Å². The second-order valence-electron chi connectivity index (χ2n) is 9.03. The molecule has 10 heteroatoms. The first-order chi connectivity index (χ1) is 16.5. The molecule has 7 nitrogen and oxygen atoms in total. The van der Waals surface area contributed by atoms with Gasteiger partial charge in [-0.05, 0) is 42.0 Å². The predicted octanol–water partition coefficient (Wildman–Crippen LogP) is 4.22. The average Bonchev–Trinajstić information content (AvgIpc) is 3.39. The molecule has 0 saturated heterocycles. The Balaban J connectivity index is 1.40. The number of hydrogen-bond donors (Lipinski definition) is 3. The average molecular weight is 490 g/mol. The zero-order chi connectivity index (χ0) is 25.4. The summed E-state index contributed by atoms with van der Waals surface area (Å²) in [7, 11) is 0. The molecule has 186 valence electrons. The van der Waals surface area contributed by atoms with E-state index < -0.39 is 41.6 Å². The van der Waals surface area contributed by atoms with Crippen LogP contribution < -0.4 is 10.6 Å². The SMILES string of the molecule is CC(NC(=O)C1CCCC1NC(=O)OCC1c2ccccc2-c2ccccc21)(C(=O)O)C(F)(F)F. The largest absolute Gasteiger partial charge is 0.479 e. The number of aliphatic carboxylic acids is 1. The van der Waals surface area contributed by atoms with Crippen molar-refractivity contribution in [2.24, 2.45) is 5.92 Å². The number of amides is 2. The van der Waals surface area contributed by atoms with Gasteiger partial charge in [0.2, 0.25) is 11.4 Å². The van der Waals surface area contributed by atoms with Crippen molar-refractivity contribution < 1.29 is 37.4 Å². The molecule has 1 saturated carbocycles. The van der Waals surface area contributed by atoms with Crippen molar-refractivity contribution in [3.05, 3.63) is 59.7 Å². The van der Waals surface area contributed by atoms with Crippen LogP contribution in [-0.2, 0) is 14.3 Å². The lowest BCUT2D eigenvalue weighted by atomic mass is 9.97. The first kappa shape index (κ1) is 24.6. The topological polar surface area (TPSA) is 105 Å². The van der Waals surface area contributed by atoms with Gasteiger partial charge in [-0.15, -0.1) is 0 Å². The van der Waals surface area contributed by atoms with E-state index in [1.54, 1.807) is 5.32 Å². The van der Waals surface area contributed by atoms with E-state index in [9.17, 15) is 27.6 Å². The highest BCUT2D eigenvalue weighted by Crippen LogP contribution is 2.44. The quantitative estimate of drug-likeness (QED) is 0.563. The van der Waals surface area contributed by atoms with Gasteiger partial charge in [-0.25, -0.2) is 9.59 Å². The second-order valence-corrected chi connectivity index (χ2v) is 9.03. The van der Waals surface area contributed by atoms with E-state index in [0.717, 1.165) is 22.3 Å². The third-order valence-corrected chi connectivity index (χ3v) is 6.87. The fourth-order valence-electron chi connectivity index (χ4n) is 4.82. The minimum Gasteiger partial charge on any atom is -0.479 e. The van der Waals surface area contributed by atoms with Crippen molar-refractivity contribution >= 4 is 18.0 Å². The first-order valence-corrected chi connectivity index (χ1v) is 11.3. The first-order valence-electron chi connectivity index (χ1n) is 11.3. The Bertz CT molecular complexity index is 1110. The summed E-state index contributed by atoms with van der Waals surface area (Å²) in [6.07, 6.45) is -4.91. The summed E-state index contributed by atoms with van der Waals surface area (Å²) in [4.78, 5) is 36.4. The van der Waals surface area contributed by atoms with Gasteiger partial charge in [0.15, 0.2) is 0 Å². The van der Waals surface area contributed by atoms with Crippen LogP contribution in [0.25, 0.3) is 11.1 Å². The number of carboxylic acid groups (broad SMARTS) is 1. The number of fused-ring (bicyclic) bond motifs is 3. The molecule has 0 heterocycles. The number of carbonyl (C=O) groups is 3. The molecule has 0 spiro atoms. The van der Waals surface area contributed by atoms with E-state index >= 15 is 0 Å².